The average molecular weight is 276 g/mol. The normalized spacial score (nSPS) is 10.2. The summed E-state index contributed by atoms with van der Waals surface area (Å²) in [5.41, 5.74) is 1.61. The lowest BCUT2D eigenvalue weighted by Crippen LogP contribution is -2.23. The van der Waals surface area contributed by atoms with Gasteiger partial charge in [-0.2, -0.15) is 0 Å². The number of benzene rings is 1. The molecule has 19 heavy (non-hydrogen) atoms. The molecule has 0 unspecified atom stereocenters. The molecule has 4 nitrogen and oxygen atoms in total. The number of hydrogen-bond acceptors (Lipinski definition) is 5. The number of aldehydes is 1. The number of hydrogen-bond donors (Lipinski definition) is 0. The van der Waals surface area contributed by atoms with Crippen LogP contribution in [0.3, 0.4) is 0 Å². The first-order valence-electron chi connectivity index (χ1n) is 6.01. The maximum Gasteiger partial charge on any atom is 0.185 e. The van der Waals surface area contributed by atoms with Crippen LogP contribution in [0.15, 0.2) is 29.6 Å². The molecule has 0 fully saturated rings. The highest BCUT2D eigenvalue weighted by Crippen LogP contribution is 2.19. The minimum atomic E-state index is 0.514. The predicted molar refractivity (Wildman–Crippen MR) is 77.4 cm³/mol. The molecule has 1 aromatic heterocycles. The van der Waals surface area contributed by atoms with Crippen molar-refractivity contribution in [3.8, 4) is 5.75 Å². The summed E-state index contributed by atoms with van der Waals surface area (Å²) >= 11 is 1.61. The Hall–Kier alpha value is -1.88. The second kappa shape index (κ2) is 6.33. The van der Waals surface area contributed by atoms with E-state index in [0.717, 1.165) is 23.7 Å². The molecule has 100 valence electrons. The van der Waals surface area contributed by atoms with Gasteiger partial charge in [-0.25, -0.2) is 4.98 Å². The highest BCUT2D eigenvalue weighted by atomic mass is 32.1. The van der Waals surface area contributed by atoms with Crippen LogP contribution in [-0.4, -0.2) is 31.5 Å². The van der Waals surface area contributed by atoms with Gasteiger partial charge in [-0.1, -0.05) is 12.1 Å². The molecule has 0 aliphatic heterocycles. The van der Waals surface area contributed by atoms with Crippen molar-refractivity contribution in [1.29, 1.82) is 0 Å². The summed E-state index contributed by atoms with van der Waals surface area (Å²) in [6, 6.07) is 7.23. The molecule has 0 spiro atoms. The lowest BCUT2D eigenvalue weighted by atomic mass is 10.2. The van der Waals surface area contributed by atoms with Crippen molar-refractivity contribution in [2.75, 3.05) is 25.1 Å². The van der Waals surface area contributed by atoms with Gasteiger partial charge in [0.25, 0.3) is 0 Å². The standard InChI is InChI=1S/C14H16N2O2S/c1-11-10-19-14(15-11)16(2)7-8-18-13-6-4-3-5-12(13)9-17/h3-6,9-10H,7-8H2,1-2H3. The van der Waals surface area contributed by atoms with Crippen molar-refractivity contribution in [2.45, 2.75) is 6.92 Å². The number of thiazole rings is 1. The van der Waals surface area contributed by atoms with E-state index in [1.165, 1.54) is 0 Å². The van der Waals surface area contributed by atoms with E-state index in [9.17, 15) is 4.79 Å². The fraction of sp³-hybridized carbons (Fsp3) is 0.286. The van der Waals surface area contributed by atoms with Crippen LogP contribution in [0, 0.1) is 6.92 Å². The van der Waals surface area contributed by atoms with Crippen molar-refractivity contribution in [3.05, 3.63) is 40.9 Å². The van der Waals surface area contributed by atoms with Gasteiger partial charge < -0.3 is 9.64 Å². The number of rotatable bonds is 6. The second-order valence-electron chi connectivity index (χ2n) is 4.20. The summed E-state index contributed by atoms with van der Waals surface area (Å²) in [6.45, 7) is 3.21. The Morgan fingerprint density at radius 3 is 2.89 bits per heavy atom. The minimum absolute atomic E-state index is 0.514. The fourth-order valence-electron chi connectivity index (χ4n) is 1.61. The van der Waals surface area contributed by atoms with E-state index in [1.807, 2.05) is 36.4 Å². The molecule has 0 saturated carbocycles. The SMILES string of the molecule is Cc1csc(N(C)CCOc2ccccc2C=O)n1. The lowest BCUT2D eigenvalue weighted by Gasteiger charge is -2.16. The summed E-state index contributed by atoms with van der Waals surface area (Å²) in [5, 5.41) is 3.00. The lowest BCUT2D eigenvalue weighted by molar-refractivity contribution is 0.111. The maximum absolute atomic E-state index is 10.8. The van der Waals surface area contributed by atoms with Crippen molar-refractivity contribution in [1.82, 2.24) is 4.98 Å². The molecule has 2 rings (SSSR count). The molecule has 2 aromatic rings. The molecule has 0 amide bonds. The largest absolute Gasteiger partial charge is 0.491 e. The Morgan fingerprint density at radius 1 is 1.42 bits per heavy atom. The summed E-state index contributed by atoms with van der Waals surface area (Å²) < 4.78 is 5.63. The van der Waals surface area contributed by atoms with E-state index < -0.39 is 0 Å². The molecule has 0 aliphatic rings. The van der Waals surface area contributed by atoms with Gasteiger partial charge in [-0.3, -0.25) is 4.79 Å². The highest BCUT2D eigenvalue weighted by Gasteiger charge is 2.06. The van der Waals surface area contributed by atoms with Crippen LogP contribution in [-0.2, 0) is 0 Å². The van der Waals surface area contributed by atoms with E-state index in [0.29, 0.717) is 17.9 Å². The summed E-state index contributed by atoms with van der Waals surface area (Å²) in [5.74, 6) is 0.626. The number of aromatic nitrogens is 1. The van der Waals surface area contributed by atoms with Crippen molar-refractivity contribution < 1.29 is 9.53 Å². The molecule has 0 radical (unpaired) electrons. The quantitative estimate of drug-likeness (QED) is 0.761. The molecule has 1 heterocycles. The van der Waals surface area contributed by atoms with Crippen molar-refractivity contribution in [3.63, 3.8) is 0 Å². The third kappa shape index (κ3) is 3.54. The number of anilines is 1. The monoisotopic (exact) mass is 276 g/mol. The predicted octanol–water partition coefficient (Wildman–Crippen LogP) is 2.78. The van der Waals surface area contributed by atoms with Gasteiger partial charge in [0.1, 0.15) is 12.4 Å². The van der Waals surface area contributed by atoms with Crippen LogP contribution in [0.5, 0.6) is 5.75 Å². The molecule has 0 bridgehead atoms. The third-order valence-electron chi connectivity index (χ3n) is 2.66. The zero-order valence-electron chi connectivity index (χ0n) is 11.0. The van der Waals surface area contributed by atoms with Crippen molar-refractivity contribution in [2.24, 2.45) is 0 Å². The summed E-state index contributed by atoms with van der Waals surface area (Å²) in [7, 11) is 1.98. The zero-order chi connectivity index (χ0) is 13.7. The zero-order valence-corrected chi connectivity index (χ0v) is 11.8. The first-order chi connectivity index (χ1) is 9.20. The van der Waals surface area contributed by atoms with E-state index in [4.69, 9.17) is 4.74 Å². The number of nitrogens with zero attached hydrogens (tertiary/aromatic N) is 2. The Balaban J connectivity index is 1.88. The molecule has 5 heteroatoms. The second-order valence-corrected chi connectivity index (χ2v) is 5.03. The smallest absolute Gasteiger partial charge is 0.185 e. The van der Waals surface area contributed by atoms with Gasteiger partial charge >= 0.3 is 0 Å². The Morgan fingerprint density at radius 2 is 2.21 bits per heavy atom. The van der Waals surface area contributed by atoms with Gasteiger partial charge in [0.2, 0.25) is 0 Å². The Kier molecular flexibility index (Phi) is 4.52. The van der Waals surface area contributed by atoms with E-state index >= 15 is 0 Å². The maximum atomic E-state index is 10.8. The molecule has 0 aliphatic carbocycles. The van der Waals surface area contributed by atoms with Crippen LogP contribution in [0.25, 0.3) is 0 Å². The third-order valence-corrected chi connectivity index (χ3v) is 3.74. The molecular formula is C14H16N2O2S. The highest BCUT2D eigenvalue weighted by molar-refractivity contribution is 7.13. The van der Waals surface area contributed by atoms with Gasteiger partial charge in [-0.05, 0) is 19.1 Å². The molecular weight excluding hydrogens is 260 g/mol. The van der Waals surface area contributed by atoms with Crippen LogP contribution < -0.4 is 9.64 Å². The van der Waals surface area contributed by atoms with Crippen LogP contribution >= 0.6 is 11.3 Å². The van der Waals surface area contributed by atoms with Crippen molar-refractivity contribution >= 4 is 22.8 Å². The van der Waals surface area contributed by atoms with Crippen LogP contribution in [0.4, 0.5) is 5.13 Å². The number of para-hydroxylation sites is 1. The number of likely N-dealkylation sites (N-methyl/N-ethyl adjacent to an activating group) is 1. The molecule has 0 N–H and O–H groups in total. The Bertz CT molecular complexity index is 554. The van der Waals surface area contributed by atoms with Gasteiger partial charge in [-0.15, -0.1) is 11.3 Å². The van der Waals surface area contributed by atoms with E-state index in [2.05, 4.69) is 4.98 Å². The molecule has 0 saturated heterocycles. The van der Waals surface area contributed by atoms with Crippen LogP contribution in [0.2, 0.25) is 0 Å². The van der Waals surface area contributed by atoms with E-state index in [-0.39, 0.29) is 0 Å². The number of aryl methyl sites for hydroxylation is 1. The first-order valence-corrected chi connectivity index (χ1v) is 6.89. The van der Waals surface area contributed by atoms with Gasteiger partial charge in [0.05, 0.1) is 17.8 Å². The Labute approximate surface area is 116 Å². The average Bonchev–Trinajstić information content (AvgIpc) is 2.86. The molecule has 0 atom stereocenters. The van der Waals surface area contributed by atoms with Gasteiger partial charge in [0, 0.05) is 12.4 Å². The van der Waals surface area contributed by atoms with Gasteiger partial charge in [0.15, 0.2) is 11.4 Å². The molecule has 1 aromatic carbocycles. The fourth-order valence-corrected chi connectivity index (χ4v) is 2.41. The van der Waals surface area contributed by atoms with E-state index in [1.54, 1.807) is 23.5 Å². The number of ether oxygens (including phenoxy) is 1. The number of carbonyl (C=O) groups is 1. The van der Waals surface area contributed by atoms with Crippen LogP contribution in [0.1, 0.15) is 16.1 Å². The summed E-state index contributed by atoms with van der Waals surface area (Å²) in [6.07, 6.45) is 0.809. The minimum Gasteiger partial charge on any atom is -0.491 e. The topological polar surface area (TPSA) is 42.4 Å². The number of carbonyl (C=O) groups excluding carboxylic acids is 1. The summed E-state index contributed by atoms with van der Waals surface area (Å²) in [4.78, 5) is 17.3. The first kappa shape index (κ1) is 13.5.